The van der Waals surface area contributed by atoms with Crippen LogP contribution in [-0.2, 0) is 13.1 Å². The third-order valence-electron chi connectivity index (χ3n) is 4.60. The Morgan fingerprint density at radius 2 is 1.42 bits per heavy atom. The Labute approximate surface area is 145 Å². The molecule has 24 heavy (non-hydrogen) atoms. The zero-order chi connectivity index (χ0) is 16.6. The van der Waals surface area contributed by atoms with Crippen LogP contribution in [0.4, 0.5) is 0 Å². The van der Waals surface area contributed by atoms with E-state index in [0.29, 0.717) is 6.54 Å². The second kappa shape index (κ2) is 8.78. The lowest BCUT2D eigenvalue weighted by Gasteiger charge is -2.34. The Kier molecular flexibility index (Phi) is 6.19. The summed E-state index contributed by atoms with van der Waals surface area (Å²) in [5, 5.41) is 0. The van der Waals surface area contributed by atoms with Crippen molar-refractivity contribution < 1.29 is 0 Å². The van der Waals surface area contributed by atoms with Crippen molar-refractivity contribution in [2.75, 3.05) is 32.7 Å². The SMILES string of the molecule is NCc1ccc(CN2CCN(C/C=C/c3ccccc3)CC2)cc1. The van der Waals surface area contributed by atoms with E-state index < -0.39 is 0 Å². The van der Waals surface area contributed by atoms with Gasteiger partial charge in [-0.25, -0.2) is 0 Å². The van der Waals surface area contributed by atoms with Crippen LogP contribution in [-0.4, -0.2) is 42.5 Å². The molecule has 3 heteroatoms. The molecule has 0 bridgehead atoms. The van der Waals surface area contributed by atoms with E-state index in [2.05, 4.69) is 76.5 Å². The molecule has 0 atom stereocenters. The predicted molar refractivity (Wildman–Crippen MR) is 102 cm³/mol. The van der Waals surface area contributed by atoms with E-state index >= 15 is 0 Å². The minimum absolute atomic E-state index is 0.620. The fourth-order valence-corrected chi connectivity index (χ4v) is 3.07. The van der Waals surface area contributed by atoms with Crippen molar-refractivity contribution in [3.8, 4) is 0 Å². The Hall–Kier alpha value is -1.94. The van der Waals surface area contributed by atoms with Crippen molar-refractivity contribution in [2.24, 2.45) is 5.73 Å². The zero-order valence-corrected chi connectivity index (χ0v) is 14.3. The molecular weight excluding hydrogens is 294 g/mol. The van der Waals surface area contributed by atoms with Crippen molar-refractivity contribution in [1.82, 2.24) is 9.80 Å². The Morgan fingerprint density at radius 3 is 2.08 bits per heavy atom. The smallest absolute Gasteiger partial charge is 0.0234 e. The lowest BCUT2D eigenvalue weighted by Crippen LogP contribution is -2.45. The summed E-state index contributed by atoms with van der Waals surface area (Å²) in [5.74, 6) is 0. The first-order valence-corrected chi connectivity index (χ1v) is 8.78. The van der Waals surface area contributed by atoms with Gasteiger partial charge in [0.2, 0.25) is 0 Å². The summed E-state index contributed by atoms with van der Waals surface area (Å²) in [7, 11) is 0. The van der Waals surface area contributed by atoms with Gasteiger partial charge in [-0.2, -0.15) is 0 Å². The molecule has 0 saturated carbocycles. The van der Waals surface area contributed by atoms with Gasteiger partial charge in [0.25, 0.3) is 0 Å². The van der Waals surface area contributed by atoms with E-state index in [1.165, 1.54) is 16.7 Å². The number of hydrogen-bond acceptors (Lipinski definition) is 3. The fourth-order valence-electron chi connectivity index (χ4n) is 3.07. The molecule has 1 fully saturated rings. The van der Waals surface area contributed by atoms with E-state index in [1.807, 2.05) is 0 Å². The van der Waals surface area contributed by atoms with Gasteiger partial charge >= 0.3 is 0 Å². The predicted octanol–water partition coefficient (Wildman–Crippen LogP) is 2.98. The third kappa shape index (κ3) is 5.03. The summed E-state index contributed by atoms with van der Waals surface area (Å²) in [6, 6.07) is 19.2. The zero-order valence-electron chi connectivity index (χ0n) is 14.3. The molecular formula is C21H27N3. The maximum Gasteiger partial charge on any atom is 0.0234 e. The molecule has 1 aliphatic rings. The van der Waals surface area contributed by atoms with Crippen molar-refractivity contribution in [1.29, 1.82) is 0 Å². The summed E-state index contributed by atoms with van der Waals surface area (Å²) in [6.45, 7) is 7.25. The first-order valence-electron chi connectivity index (χ1n) is 8.78. The van der Waals surface area contributed by atoms with Gasteiger partial charge in [0.15, 0.2) is 0 Å². The number of rotatable bonds is 6. The average molecular weight is 321 g/mol. The number of nitrogens with two attached hydrogens (primary N) is 1. The van der Waals surface area contributed by atoms with Gasteiger partial charge in [0.05, 0.1) is 0 Å². The molecule has 3 rings (SSSR count). The number of hydrogen-bond donors (Lipinski definition) is 1. The molecule has 1 aliphatic heterocycles. The van der Waals surface area contributed by atoms with Gasteiger partial charge < -0.3 is 5.73 Å². The maximum atomic E-state index is 5.66. The van der Waals surface area contributed by atoms with Crippen LogP contribution in [0.25, 0.3) is 6.08 Å². The van der Waals surface area contributed by atoms with Gasteiger partial charge in [-0.3, -0.25) is 9.80 Å². The van der Waals surface area contributed by atoms with Gasteiger partial charge in [0.1, 0.15) is 0 Å². The Balaban J connectivity index is 1.41. The summed E-state index contributed by atoms with van der Waals surface area (Å²) < 4.78 is 0. The number of piperazine rings is 1. The number of benzene rings is 2. The van der Waals surface area contributed by atoms with Crippen LogP contribution in [0.1, 0.15) is 16.7 Å². The van der Waals surface area contributed by atoms with Crippen LogP contribution in [0.5, 0.6) is 0 Å². The highest BCUT2D eigenvalue weighted by Gasteiger charge is 2.15. The average Bonchev–Trinajstić information content (AvgIpc) is 2.65. The van der Waals surface area contributed by atoms with E-state index in [9.17, 15) is 0 Å². The molecule has 1 saturated heterocycles. The molecule has 126 valence electrons. The molecule has 2 aromatic rings. The molecule has 0 unspecified atom stereocenters. The van der Waals surface area contributed by atoms with Gasteiger partial charge in [-0.15, -0.1) is 0 Å². The summed E-state index contributed by atoms with van der Waals surface area (Å²) in [5.41, 5.74) is 9.51. The lowest BCUT2D eigenvalue weighted by atomic mass is 10.1. The van der Waals surface area contributed by atoms with Crippen LogP contribution in [0.15, 0.2) is 60.7 Å². The molecule has 1 heterocycles. The maximum absolute atomic E-state index is 5.66. The van der Waals surface area contributed by atoms with E-state index in [-0.39, 0.29) is 0 Å². The normalized spacial score (nSPS) is 16.7. The van der Waals surface area contributed by atoms with Crippen molar-refractivity contribution in [3.63, 3.8) is 0 Å². The quantitative estimate of drug-likeness (QED) is 0.888. The largest absolute Gasteiger partial charge is 0.326 e. The molecule has 2 N–H and O–H groups in total. The second-order valence-corrected chi connectivity index (χ2v) is 6.41. The highest BCUT2D eigenvalue weighted by Crippen LogP contribution is 2.10. The standard InChI is InChI=1S/C21H27N3/c22-17-20-8-10-21(11-9-20)18-24-15-13-23(14-16-24)12-4-7-19-5-2-1-3-6-19/h1-11H,12-18,22H2/b7-4+. The number of nitrogens with zero attached hydrogens (tertiary/aromatic N) is 2. The van der Waals surface area contributed by atoms with Crippen LogP contribution in [0.2, 0.25) is 0 Å². The molecule has 2 aromatic carbocycles. The molecule has 0 aliphatic carbocycles. The Bertz CT molecular complexity index is 626. The first-order chi connectivity index (χ1) is 11.8. The molecule has 0 spiro atoms. The van der Waals surface area contributed by atoms with Gasteiger partial charge in [0, 0.05) is 45.8 Å². The van der Waals surface area contributed by atoms with Gasteiger partial charge in [-0.1, -0.05) is 66.7 Å². The Morgan fingerprint density at radius 1 is 0.792 bits per heavy atom. The van der Waals surface area contributed by atoms with E-state index in [1.54, 1.807) is 0 Å². The van der Waals surface area contributed by atoms with Crippen molar-refractivity contribution in [2.45, 2.75) is 13.1 Å². The van der Waals surface area contributed by atoms with Crippen molar-refractivity contribution in [3.05, 3.63) is 77.4 Å². The van der Waals surface area contributed by atoms with E-state index in [4.69, 9.17) is 5.73 Å². The monoisotopic (exact) mass is 321 g/mol. The summed E-state index contributed by atoms with van der Waals surface area (Å²) in [6.07, 6.45) is 4.49. The first kappa shape index (κ1) is 16.9. The minimum atomic E-state index is 0.620. The van der Waals surface area contributed by atoms with Crippen molar-refractivity contribution >= 4 is 6.08 Å². The van der Waals surface area contributed by atoms with Crippen LogP contribution in [0, 0.1) is 0 Å². The molecule has 0 amide bonds. The topological polar surface area (TPSA) is 32.5 Å². The van der Waals surface area contributed by atoms with E-state index in [0.717, 1.165) is 39.3 Å². The minimum Gasteiger partial charge on any atom is -0.326 e. The summed E-state index contributed by atoms with van der Waals surface area (Å²) in [4.78, 5) is 5.06. The van der Waals surface area contributed by atoms with Crippen LogP contribution < -0.4 is 5.73 Å². The molecule has 0 aromatic heterocycles. The van der Waals surface area contributed by atoms with Gasteiger partial charge in [-0.05, 0) is 16.7 Å². The summed E-state index contributed by atoms with van der Waals surface area (Å²) >= 11 is 0. The van der Waals surface area contributed by atoms with Crippen LogP contribution >= 0.6 is 0 Å². The lowest BCUT2D eigenvalue weighted by molar-refractivity contribution is 0.137. The fraction of sp³-hybridized carbons (Fsp3) is 0.333. The highest BCUT2D eigenvalue weighted by molar-refractivity contribution is 5.48. The molecule has 3 nitrogen and oxygen atoms in total. The van der Waals surface area contributed by atoms with Crippen LogP contribution in [0.3, 0.4) is 0 Å². The third-order valence-corrected chi connectivity index (χ3v) is 4.60. The molecule has 0 radical (unpaired) electrons. The second-order valence-electron chi connectivity index (χ2n) is 6.41. The highest BCUT2D eigenvalue weighted by atomic mass is 15.3.